The van der Waals surface area contributed by atoms with Crippen LogP contribution in [0.5, 0.6) is 0 Å². The van der Waals surface area contributed by atoms with E-state index in [1.807, 2.05) is 7.05 Å². The van der Waals surface area contributed by atoms with E-state index in [0.717, 1.165) is 5.82 Å². The highest BCUT2D eigenvalue weighted by atomic mass is 16.4. The van der Waals surface area contributed by atoms with Crippen molar-refractivity contribution in [1.82, 2.24) is 4.98 Å². The van der Waals surface area contributed by atoms with Crippen LogP contribution in [0.1, 0.15) is 18.4 Å². The molecule has 88 valence electrons. The van der Waals surface area contributed by atoms with E-state index in [9.17, 15) is 4.79 Å². The highest BCUT2D eigenvalue weighted by Crippen LogP contribution is 2.17. The van der Waals surface area contributed by atoms with Gasteiger partial charge in [0.15, 0.2) is 0 Å². The van der Waals surface area contributed by atoms with Gasteiger partial charge >= 0.3 is 5.97 Å². The molecule has 1 atom stereocenters. The number of anilines is 1. The Morgan fingerprint density at radius 1 is 1.56 bits per heavy atom. The fraction of sp³-hybridized carbons (Fsp3) is 0.455. The van der Waals surface area contributed by atoms with Gasteiger partial charge in [-0.05, 0) is 18.6 Å². The Hall–Kier alpha value is -1.62. The number of carbonyl (C=O) groups is 1. The first-order valence-corrected chi connectivity index (χ1v) is 5.07. The molecule has 1 heterocycles. The number of carboxylic acid groups (broad SMARTS) is 1. The van der Waals surface area contributed by atoms with Gasteiger partial charge in [0.1, 0.15) is 5.82 Å². The summed E-state index contributed by atoms with van der Waals surface area (Å²) in [4.78, 5) is 16.7. The highest BCUT2D eigenvalue weighted by Gasteiger charge is 2.14. The second-order valence-corrected chi connectivity index (χ2v) is 3.65. The average molecular weight is 224 g/mol. The van der Waals surface area contributed by atoms with Crippen LogP contribution < -0.4 is 4.90 Å². The summed E-state index contributed by atoms with van der Waals surface area (Å²) in [5.41, 5.74) is 0.675. The first kappa shape index (κ1) is 12.4. The lowest BCUT2D eigenvalue weighted by molar-refractivity contribution is -0.138. The first-order valence-electron chi connectivity index (χ1n) is 5.07. The summed E-state index contributed by atoms with van der Waals surface area (Å²) in [5, 5.41) is 17.6. The van der Waals surface area contributed by atoms with Crippen LogP contribution in [0, 0.1) is 0 Å². The number of nitrogens with zero attached hydrogens (tertiary/aromatic N) is 2. The number of aliphatic carboxylic acids is 1. The van der Waals surface area contributed by atoms with E-state index in [2.05, 4.69) is 4.98 Å². The summed E-state index contributed by atoms with van der Waals surface area (Å²) in [7, 11) is 1.82. The molecule has 0 aromatic carbocycles. The maximum absolute atomic E-state index is 10.7. The van der Waals surface area contributed by atoms with Crippen LogP contribution in [0.25, 0.3) is 0 Å². The summed E-state index contributed by atoms with van der Waals surface area (Å²) in [6.45, 7) is 2.18. The van der Waals surface area contributed by atoms with Crippen molar-refractivity contribution in [3.63, 3.8) is 0 Å². The molecule has 1 rings (SSSR count). The van der Waals surface area contributed by atoms with Gasteiger partial charge in [0.25, 0.3) is 0 Å². The quantitative estimate of drug-likeness (QED) is 0.770. The van der Waals surface area contributed by atoms with Gasteiger partial charge in [-0.2, -0.15) is 0 Å². The van der Waals surface area contributed by atoms with E-state index < -0.39 is 11.9 Å². The van der Waals surface area contributed by atoms with Gasteiger partial charge in [0, 0.05) is 19.8 Å². The Kier molecular flexibility index (Phi) is 4.25. The van der Waals surface area contributed by atoms with Crippen molar-refractivity contribution >= 4 is 11.8 Å². The van der Waals surface area contributed by atoms with Crippen LogP contribution in [0.3, 0.4) is 0 Å². The number of hydrogen-bond acceptors (Lipinski definition) is 4. The maximum atomic E-state index is 10.7. The summed E-state index contributed by atoms with van der Waals surface area (Å²) in [6, 6.07) is 3.50. The molecule has 5 heteroatoms. The van der Waals surface area contributed by atoms with Crippen LogP contribution in [-0.2, 0) is 4.79 Å². The number of aliphatic hydroxyl groups is 1. The monoisotopic (exact) mass is 224 g/mol. The zero-order valence-corrected chi connectivity index (χ0v) is 9.42. The van der Waals surface area contributed by atoms with Crippen molar-refractivity contribution in [3.05, 3.63) is 23.9 Å². The average Bonchev–Trinajstić information content (AvgIpc) is 2.28. The van der Waals surface area contributed by atoms with Gasteiger partial charge in [-0.3, -0.25) is 4.79 Å². The number of aliphatic hydroxyl groups excluding tert-OH is 1. The van der Waals surface area contributed by atoms with Crippen molar-refractivity contribution in [2.75, 3.05) is 25.1 Å². The number of aromatic nitrogens is 1. The Morgan fingerprint density at radius 3 is 2.69 bits per heavy atom. The van der Waals surface area contributed by atoms with E-state index >= 15 is 0 Å². The normalized spacial score (nSPS) is 12.2. The topological polar surface area (TPSA) is 73.7 Å². The van der Waals surface area contributed by atoms with Crippen molar-refractivity contribution in [1.29, 1.82) is 0 Å². The summed E-state index contributed by atoms with van der Waals surface area (Å²) in [5.74, 6) is -0.696. The molecule has 1 aromatic heterocycles. The van der Waals surface area contributed by atoms with Crippen LogP contribution in [0.15, 0.2) is 18.3 Å². The van der Waals surface area contributed by atoms with E-state index in [-0.39, 0.29) is 6.61 Å². The predicted molar refractivity (Wildman–Crippen MR) is 60.6 cm³/mol. The summed E-state index contributed by atoms with van der Waals surface area (Å²) < 4.78 is 0. The lowest BCUT2D eigenvalue weighted by Gasteiger charge is -2.17. The zero-order valence-electron chi connectivity index (χ0n) is 9.42. The molecule has 0 saturated carbocycles. The van der Waals surface area contributed by atoms with Gasteiger partial charge in [0.05, 0.1) is 12.5 Å². The van der Waals surface area contributed by atoms with Gasteiger partial charge in [-0.15, -0.1) is 0 Å². The van der Waals surface area contributed by atoms with Crippen LogP contribution in [0.4, 0.5) is 5.82 Å². The fourth-order valence-electron chi connectivity index (χ4n) is 1.29. The molecule has 16 heavy (non-hydrogen) atoms. The zero-order chi connectivity index (χ0) is 12.1. The molecule has 0 amide bonds. The minimum Gasteiger partial charge on any atom is -0.481 e. The molecule has 2 N–H and O–H groups in total. The Balaban J connectivity index is 2.78. The molecule has 1 unspecified atom stereocenters. The fourth-order valence-corrected chi connectivity index (χ4v) is 1.29. The standard InChI is InChI=1S/C11H16N2O3/c1-8(11(15)16)9-3-4-10(12-7-9)13(2)5-6-14/h3-4,7-8,14H,5-6H2,1-2H3,(H,15,16). The van der Waals surface area contributed by atoms with Gasteiger partial charge in [-0.1, -0.05) is 6.07 Å². The summed E-state index contributed by atoms with van der Waals surface area (Å²) in [6.07, 6.45) is 1.56. The van der Waals surface area contributed by atoms with E-state index in [4.69, 9.17) is 10.2 Å². The van der Waals surface area contributed by atoms with Crippen LogP contribution in [0.2, 0.25) is 0 Å². The Bertz CT molecular complexity index is 351. The molecule has 0 saturated heterocycles. The van der Waals surface area contributed by atoms with Crippen molar-refractivity contribution in [2.24, 2.45) is 0 Å². The van der Waals surface area contributed by atoms with Crippen LogP contribution >= 0.6 is 0 Å². The third-order valence-electron chi connectivity index (χ3n) is 2.47. The number of hydrogen-bond donors (Lipinski definition) is 2. The SMILES string of the molecule is CC(C(=O)O)c1ccc(N(C)CCO)nc1. The van der Waals surface area contributed by atoms with E-state index in [0.29, 0.717) is 12.1 Å². The summed E-state index contributed by atoms with van der Waals surface area (Å²) >= 11 is 0. The van der Waals surface area contributed by atoms with Crippen molar-refractivity contribution in [2.45, 2.75) is 12.8 Å². The van der Waals surface area contributed by atoms with E-state index in [1.54, 1.807) is 30.2 Å². The van der Waals surface area contributed by atoms with Gasteiger partial charge in [-0.25, -0.2) is 4.98 Å². The molecular formula is C11H16N2O3. The Morgan fingerprint density at radius 2 is 2.25 bits per heavy atom. The Labute approximate surface area is 94.4 Å². The molecule has 0 spiro atoms. The molecule has 0 aliphatic carbocycles. The smallest absolute Gasteiger partial charge is 0.310 e. The van der Waals surface area contributed by atoms with Gasteiger partial charge < -0.3 is 15.1 Å². The minimum atomic E-state index is -0.863. The molecule has 0 bridgehead atoms. The van der Waals surface area contributed by atoms with E-state index in [1.165, 1.54) is 0 Å². The molecule has 0 fully saturated rings. The predicted octanol–water partition coefficient (Wildman–Crippen LogP) is 0.698. The number of likely N-dealkylation sites (N-methyl/N-ethyl adjacent to an activating group) is 1. The second kappa shape index (κ2) is 5.46. The lowest BCUT2D eigenvalue weighted by atomic mass is 10.0. The molecule has 0 radical (unpaired) electrons. The molecule has 1 aromatic rings. The molecule has 0 aliphatic heterocycles. The minimum absolute atomic E-state index is 0.0610. The lowest BCUT2D eigenvalue weighted by Crippen LogP contribution is -2.22. The highest BCUT2D eigenvalue weighted by molar-refractivity contribution is 5.75. The second-order valence-electron chi connectivity index (χ2n) is 3.65. The van der Waals surface area contributed by atoms with Crippen molar-refractivity contribution < 1.29 is 15.0 Å². The third-order valence-corrected chi connectivity index (χ3v) is 2.47. The molecular weight excluding hydrogens is 208 g/mol. The largest absolute Gasteiger partial charge is 0.481 e. The van der Waals surface area contributed by atoms with Gasteiger partial charge in [0.2, 0.25) is 0 Å². The number of pyridine rings is 1. The molecule has 0 aliphatic rings. The first-order chi connectivity index (χ1) is 7.56. The number of carboxylic acids is 1. The number of rotatable bonds is 5. The third kappa shape index (κ3) is 2.93. The maximum Gasteiger partial charge on any atom is 0.310 e. The van der Waals surface area contributed by atoms with Crippen LogP contribution in [-0.4, -0.2) is 41.4 Å². The van der Waals surface area contributed by atoms with Crippen molar-refractivity contribution in [3.8, 4) is 0 Å². The molecule has 5 nitrogen and oxygen atoms in total.